The number of anilines is 2. The van der Waals surface area contributed by atoms with Gasteiger partial charge in [-0.2, -0.15) is 0 Å². The Balaban J connectivity index is 0.000000269. The molecule has 0 radical (unpaired) electrons. The van der Waals surface area contributed by atoms with E-state index in [2.05, 4.69) is 55.6 Å². The van der Waals surface area contributed by atoms with Crippen molar-refractivity contribution >= 4 is 58.2 Å². The van der Waals surface area contributed by atoms with Gasteiger partial charge in [0.15, 0.2) is 5.69 Å². The third kappa shape index (κ3) is 10.7. The number of ether oxygens (including phenoxy) is 2. The lowest BCUT2D eigenvalue weighted by Crippen LogP contribution is -2.41. The zero-order valence-corrected chi connectivity index (χ0v) is 33.1. The number of nitrogens with one attached hydrogen (secondary N) is 2. The number of carbonyl (C=O) groups is 1. The molecular weight excluding hydrogens is 734 g/mol. The molecular formula is C42H53ClN7O4S+. The molecule has 2 unspecified atom stereocenters. The number of hydrogen-bond acceptors (Lipinski definition) is 9. The van der Waals surface area contributed by atoms with E-state index < -0.39 is 5.91 Å². The summed E-state index contributed by atoms with van der Waals surface area (Å²) in [6.07, 6.45) is 10.6. The van der Waals surface area contributed by atoms with Crippen LogP contribution in [0.25, 0.3) is 11.0 Å². The van der Waals surface area contributed by atoms with Crippen LogP contribution in [0.4, 0.5) is 17.1 Å². The molecule has 11 nitrogen and oxygen atoms in total. The van der Waals surface area contributed by atoms with Crippen LogP contribution in [0.3, 0.4) is 0 Å². The molecule has 3 fully saturated rings. The normalized spacial score (nSPS) is 18.9. The minimum atomic E-state index is -0.511. The summed E-state index contributed by atoms with van der Waals surface area (Å²) in [4.78, 5) is 25.6. The summed E-state index contributed by atoms with van der Waals surface area (Å²) in [5.74, 6) is 1.17. The molecule has 2 atom stereocenters. The molecule has 0 aliphatic carbocycles. The van der Waals surface area contributed by atoms with Crippen molar-refractivity contribution in [3.05, 3.63) is 101 Å². The fraction of sp³-hybridized carbons (Fsp3) is 0.381. The number of likely N-dealkylation sites (tertiary alicyclic amines) is 1. The first-order valence-electron chi connectivity index (χ1n) is 19.0. The number of piperidine rings is 2. The van der Waals surface area contributed by atoms with Gasteiger partial charge in [-0.3, -0.25) is 9.69 Å². The number of amides is 1. The quantitative estimate of drug-likeness (QED) is 0.0857. The number of pyridine rings is 1. The Morgan fingerprint density at radius 3 is 2.56 bits per heavy atom. The highest BCUT2D eigenvalue weighted by Crippen LogP contribution is 2.36. The Labute approximate surface area is 333 Å². The van der Waals surface area contributed by atoms with Gasteiger partial charge in [0, 0.05) is 78.7 Å². The van der Waals surface area contributed by atoms with Crippen molar-refractivity contribution in [1.29, 1.82) is 0 Å². The molecule has 0 spiro atoms. The molecule has 2 aromatic heterocycles. The lowest BCUT2D eigenvalue weighted by Gasteiger charge is -2.41. The topological polar surface area (TPSA) is 157 Å². The van der Waals surface area contributed by atoms with Crippen LogP contribution in [-0.2, 0) is 4.74 Å². The monoisotopic (exact) mass is 786 g/mol. The first-order valence-corrected chi connectivity index (χ1v) is 19.8. The van der Waals surface area contributed by atoms with Crippen molar-refractivity contribution in [1.82, 2.24) is 14.9 Å². The number of primary amides is 1. The van der Waals surface area contributed by atoms with Gasteiger partial charge in [0.1, 0.15) is 17.1 Å². The van der Waals surface area contributed by atoms with Crippen molar-refractivity contribution in [2.24, 2.45) is 11.7 Å². The minimum Gasteiger partial charge on any atom is -0.455 e. The van der Waals surface area contributed by atoms with Gasteiger partial charge < -0.3 is 41.2 Å². The van der Waals surface area contributed by atoms with Gasteiger partial charge >= 0.3 is 0 Å². The largest absolute Gasteiger partial charge is 0.455 e. The molecule has 3 aromatic carbocycles. The molecule has 55 heavy (non-hydrogen) atoms. The van der Waals surface area contributed by atoms with E-state index in [-0.39, 0.29) is 0 Å². The van der Waals surface area contributed by atoms with Crippen molar-refractivity contribution in [2.45, 2.75) is 55.5 Å². The molecule has 3 aliphatic heterocycles. The Morgan fingerprint density at radius 1 is 1.04 bits per heavy atom. The van der Waals surface area contributed by atoms with Gasteiger partial charge in [-0.25, -0.2) is 4.98 Å². The fourth-order valence-corrected chi connectivity index (χ4v) is 8.02. The summed E-state index contributed by atoms with van der Waals surface area (Å²) < 4.78 is 11.4. The smallest absolute Gasteiger partial charge is 0.252 e. The Hall–Kier alpha value is -4.30. The Kier molecular flexibility index (Phi) is 14.3. The molecule has 13 heteroatoms. The van der Waals surface area contributed by atoms with E-state index in [0.29, 0.717) is 35.1 Å². The van der Waals surface area contributed by atoms with E-state index in [1.165, 1.54) is 24.8 Å². The van der Waals surface area contributed by atoms with Crippen LogP contribution in [0.2, 0.25) is 5.02 Å². The molecule has 0 saturated carbocycles. The number of thiol groups is 1. The number of nitrogens with zero attached hydrogens (tertiary/aromatic N) is 3. The molecule has 292 valence electrons. The SMILES string of the molecule is CO.NC(=O)c1ccc(N2CCC(CN3CCCCC3c3ccc(Cl)cc3)CC2)cc1Oc1cnc2[nH]ccc2c1.[NH3+]c1cc(S)ccc1NC1CCOC1. The third-order valence-corrected chi connectivity index (χ3v) is 11.1. The lowest BCUT2D eigenvalue weighted by atomic mass is 9.91. The maximum Gasteiger partial charge on any atom is 0.252 e. The number of fused-ring (bicyclic) bond motifs is 1. The number of carbonyl (C=O) groups excluding carboxylic acids is 1. The average molecular weight is 787 g/mol. The number of benzene rings is 3. The highest BCUT2D eigenvalue weighted by atomic mass is 35.5. The second-order valence-corrected chi connectivity index (χ2v) is 15.2. The second-order valence-electron chi connectivity index (χ2n) is 14.3. The summed E-state index contributed by atoms with van der Waals surface area (Å²) in [5, 5.41) is 12.2. The fourth-order valence-electron chi connectivity index (χ4n) is 7.66. The number of rotatable bonds is 9. The number of aliphatic hydroxyl groups excluding tert-OH is 1. The van der Waals surface area contributed by atoms with Crippen LogP contribution >= 0.6 is 24.2 Å². The van der Waals surface area contributed by atoms with Crippen LogP contribution in [0.5, 0.6) is 11.5 Å². The molecule has 8 N–H and O–H groups in total. The van der Waals surface area contributed by atoms with Crippen LogP contribution < -0.4 is 26.4 Å². The zero-order valence-electron chi connectivity index (χ0n) is 31.4. The number of aromatic nitrogens is 2. The first-order chi connectivity index (χ1) is 26.8. The molecule has 3 saturated heterocycles. The number of nitrogens with two attached hydrogens (primary N) is 1. The predicted octanol–water partition coefficient (Wildman–Crippen LogP) is 7.21. The van der Waals surface area contributed by atoms with Crippen LogP contribution in [0, 0.1) is 5.92 Å². The number of aromatic amines is 1. The second kappa shape index (κ2) is 19.5. The summed E-state index contributed by atoms with van der Waals surface area (Å²) in [7, 11) is 1.00. The van der Waals surface area contributed by atoms with E-state index in [0.717, 1.165) is 104 Å². The van der Waals surface area contributed by atoms with Gasteiger partial charge in [0.2, 0.25) is 0 Å². The number of hydrogen-bond donors (Lipinski definition) is 6. The van der Waals surface area contributed by atoms with E-state index >= 15 is 0 Å². The van der Waals surface area contributed by atoms with Gasteiger partial charge in [-0.15, -0.1) is 12.6 Å². The Bertz CT molecular complexity index is 2000. The van der Waals surface area contributed by atoms with Crippen LogP contribution in [0.1, 0.15) is 60.5 Å². The molecule has 1 amide bonds. The number of halogens is 1. The number of quaternary nitrogens is 1. The third-order valence-electron chi connectivity index (χ3n) is 10.6. The van der Waals surface area contributed by atoms with Crippen molar-refractivity contribution in [2.75, 3.05) is 56.7 Å². The highest BCUT2D eigenvalue weighted by Gasteiger charge is 2.29. The molecule has 5 aromatic rings. The van der Waals surface area contributed by atoms with Gasteiger partial charge in [-0.1, -0.05) is 30.2 Å². The molecule has 3 aliphatic rings. The number of aliphatic hydroxyl groups is 1. The van der Waals surface area contributed by atoms with E-state index in [9.17, 15) is 4.79 Å². The van der Waals surface area contributed by atoms with Crippen molar-refractivity contribution in [3.63, 3.8) is 0 Å². The van der Waals surface area contributed by atoms with Gasteiger partial charge in [-0.05, 0) is 98.7 Å². The van der Waals surface area contributed by atoms with E-state index in [1.54, 1.807) is 12.3 Å². The molecule has 5 heterocycles. The van der Waals surface area contributed by atoms with E-state index in [4.69, 9.17) is 31.9 Å². The van der Waals surface area contributed by atoms with Crippen molar-refractivity contribution in [3.8, 4) is 11.5 Å². The van der Waals surface area contributed by atoms with Gasteiger partial charge in [0.05, 0.1) is 30.1 Å². The maximum atomic E-state index is 12.1. The molecule has 0 bridgehead atoms. The zero-order chi connectivity index (χ0) is 38.7. The standard InChI is InChI=1S/C31H34ClN5O2.C10H14N2OS.CH4O/c32-24-6-4-22(5-7-24)28-3-1-2-14-37(28)20-21-11-15-36(16-12-21)25-8-9-27(30(33)38)29(18-25)39-26-17-23-10-13-34-31(23)35-19-26;11-9-5-8(14)1-2-10(9)12-7-3-4-13-6-7;1-2/h4-10,13,17-19,21,28H,1-3,11-12,14-16,20H2,(H2,33,38)(H,34,35);1-2,5,7,12,14H,3-4,6,11H2;2H,1H3/p+1. The Morgan fingerprint density at radius 2 is 1.84 bits per heavy atom. The van der Waals surface area contributed by atoms with Crippen LogP contribution in [0.15, 0.2) is 90.1 Å². The van der Waals surface area contributed by atoms with E-state index in [1.807, 2.05) is 60.8 Å². The van der Waals surface area contributed by atoms with Crippen molar-refractivity contribution < 1.29 is 25.1 Å². The summed E-state index contributed by atoms with van der Waals surface area (Å²) in [6.45, 7) is 5.88. The predicted molar refractivity (Wildman–Crippen MR) is 223 cm³/mol. The van der Waals surface area contributed by atoms with Gasteiger partial charge in [0.25, 0.3) is 5.91 Å². The average Bonchev–Trinajstić information content (AvgIpc) is 3.90. The van der Waals surface area contributed by atoms with Crippen LogP contribution in [-0.4, -0.2) is 78.4 Å². The number of H-pyrrole nitrogens is 1. The summed E-state index contributed by atoms with van der Waals surface area (Å²) in [5.41, 5.74) is 15.3. The summed E-state index contributed by atoms with van der Waals surface area (Å²) in [6, 6.07) is 24.8. The lowest BCUT2D eigenvalue weighted by molar-refractivity contribution is -0.253. The molecule has 8 rings (SSSR count). The minimum absolute atomic E-state index is 0.362. The maximum absolute atomic E-state index is 12.1. The highest BCUT2D eigenvalue weighted by molar-refractivity contribution is 7.80. The first kappa shape index (κ1) is 40.4. The summed E-state index contributed by atoms with van der Waals surface area (Å²) >= 11 is 10.4.